The van der Waals surface area contributed by atoms with Crippen LogP contribution < -0.4 is 5.32 Å². The number of benzene rings is 1. The lowest BCUT2D eigenvalue weighted by atomic mass is 10.1. The maximum Gasteiger partial charge on any atom is 0.255 e. The molecule has 0 saturated heterocycles. The maximum atomic E-state index is 11.4. The molecule has 0 unspecified atom stereocenters. The van der Waals surface area contributed by atoms with Crippen LogP contribution in [-0.2, 0) is 0 Å². The van der Waals surface area contributed by atoms with Crippen LogP contribution in [0.4, 0.5) is 0 Å². The van der Waals surface area contributed by atoms with Gasteiger partial charge in [0.1, 0.15) is 0 Å². The predicted molar refractivity (Wildman–Crippen MR) is 54.9 cm³/mol. The van der Waals surface area contributed by atoms with Gasteiger partial charge in [-0.1, -0.05) is 24.3 Å². The fourth-order valence-corrected chi connectivity index (χ4v) is 0.977. The van der Waals surface area contributed by atoms with Crippen LogP contribution in [0.15, 0.2) is 36.5 Å². The highest BCUT2D eigenvalue weighted by Gasteiger charge is 2.04. The van der Waals surface area contributed by atoms with Crippen molar-refractivity contribution in [3.05, 3.63) is 47.7 Å². The van der Waals surface area contributed by atoms with E-state index >= 15 is 0 Å². The van der Waals surface area contributed by atoms with Crippen LogP contribution in [0.25, 0.3) is 0 Å². The van der Waals surface area contributed by atoms with E-state index in [1.807, 2.05) is 19.1 Å². The van der Waals surface area contributed by atoms with Crippen molar-refractivity contribution in [2.24, 2.45) is 0 Å². The van der Waals surface area contributed by atoms with Crippen LogP contribution in [0, 0.1) is 6.92 Å². The molecule has 0 saturated carbocycles. The first-order chi connectivity index (χ1) is 6.63. The summed E-state index contributed by atoms with van der Waals surface area (Å²) in [6, 6.07) is 7.18. The molecule has 0 spiro atoms. The van der Waals surface area contributed by atoms with E-state index in [2.05, 4.69) is 11.9 Å². The highest BCUT2D eigenvalue weighted by Crippen LogP contribution is 2.03. The number of carbonyl (C=O) groups excluding carboxylic acids is 1. The number of hydrogen-bond donors (Lipinski definition) is 2. The molecule has 1 amide bonds. The Labute approximate surface area is 83.1 Å². The van der Waals surface area contributed by atoms with E-state index in [0.717, 1.165) is 5.56 Å². The molecule has 0 bridgehead atoms. The molecule has 0 atom stereocenters. The van der Waals surface area contributed by atoms with Crippen molar-refractivity contribution in [1.29, 1.82) is 0 Å². The van der Waals surface area contributed by atoms with Crippen molar-refractivity contribution in [1.82, 2.24) is 5.32 Å². The van der Waals surface area contributed by atoms with Crippen molar-refractivity contribution in [2.45, 2.75) is 6.92 Å². The molecule has 0 aromatic heterocycles. The van der Waals surface area contributed by atoms with Crippen molar-refractivity contribution < 1.29 is 9.90 Å². The lowest BCUT2D eigenvalue weighted by Gasteiger charge is -2.05. The lowest BCUT2D eigenvalue weighted by Crippen LogP contribution is -2.23. The van der Waals surface area contributed by atoms with Crippen LogP contribution in [0.5, 0.6) is 0 Å². The predicted octanol–water partition coefficient (Wildman–Crippen LogP) is 1.23. The Hall–Kier alpha value is -1.61. The van der Waals surface area contributed by atoms with Gasteiger partial charge in [-0.25, -0.2) is 0 Å². The average molecular weight is 191 g/mol. The summed E-state index contributed by atoms with van der Waals surface area (Å²) in [5.41, 5.74) is 1.96. The second-order valence-corrected chi connectivity index (χ2v) is 3.08. The molecule has 0 fully saturated rings. The third-order valence-electron chi connectivity index (χ3n) is 1.79. The summed E-state index contributed by atoms with van der Waals surface area (Å²) in [7, 11) is 0. The SMILES string of the molecule is C=C(CO)NC(=O)c1ccc(C)cc1. The standard InChI is InChI=1S/C11H13NO2/c1-8-3-5-10(6-4-8)11(14)12-9(2)7-13/h3-6,13H,2,7H2,1H3,(H,12,14). The molecular weight excluding hydrogens is 178 g/mol. The Kier molecular flexibility index (Phi) is 3.42. The van der Waals surface area contributed by atoms with Crippen LogP contribution in [-0.4, -0.2) is 17.6 Å². The first kappa shape index (κ1) is 10.5. The number of carbonyl (C=O) groups is 1. The zero-order valence-corrected chi connectivity index (χ0v) is 8.08. The third kappa shape index (κ3) is 2.71. The summed E-state index contributed by atoms with van der Waals surface area (Å²) in [4.78, 5) is 11.4. The highest BCUT2D eigenvalue weighted by atomic mass is 16.3. The zero-order chi connectivity index (χ0) is 10.6. The Morgan fingerprint density at radius 2 is 2.00 bits per heavy atom. The molecular formula is C11H13NO2. The Morgan fingerprint density at radius 3 is 2.50 bits per heavy atom. The number of aliphatic hydroxyl groups is 1. The molecule has 1 aromatic carbocycles. The van der Waals surface area contributed by atoms with Crippen molar-refractivity contribution in [3.63, 3.8) is 0 Å². The minimum atomic E-state index is -0.246. The number of aryl methyl sites for hydroxylation is 1. The van der Waals surface area contributed by atoms with Gasteiger partial charge in [-0.05, 0) is 19.1 Å². The molecule has 1 rings (SSSR count). The summed E-state index contributed by atoms with van der Waals surface area (Å²) >= 11 is 0. The monoisotopic (exact) mass is 191 g/mol. The fraction of sp³-hybridized carbons (Fsp3) is 0.182. The first-order valence-corrected chi connectivity index (χ1v) is 4.30. The summed E-state index contributed by atoms with van der Waals surface area (Å²) in [6.07, 6.45) is 0. The molecule has 1 aromatic rings. The second kappa shape index (κ2) is 4.58. The Bertz CT molecular complexity index is 341. The van der Waals surface area contributed by atoms with Gasteiger partial charge in [0.25, 0.3) is 5.91 Å². The molecule has 0 heterocycles. The number of aliphatic hydroxyl groups excluding tert-OH is 1. The normalized spacial score (nSPS) is 9.57. The van der Waals surface area contributed by atoms with Crippen LogP contribution in [0.2, 0.25) is 0 Å². The summed E-state index contributed by atoms with van der Waals surface area (Å²) < 4.78 is 0. The maximum absolute atomic E-state index is 11.4. The van der Waals surface area contributed by atoms with Gasteiger partial charge in [0.2, 0.25) is 0 Å². The zero-order valence-electron chi connectivity index (χ0n) is 8.08. The van der Waals surface area contributed by atoms with Crippen molar-refractivity contribution in [3.8, 4) is 0 Å². The third-order valence-corrected chi connectivity index (χ3v) is 1.79. The van der Waals surface area contributed by atoms with E-state index < -0.39 is 0 Å². The summed E-state index contributed by atoms with van der Waals surface area (Å²) in [6.45, 7) is 5.19. The molecule has 0 aliphatic carbocycles. The van der Waals surface area contributed by atoms with E-state index in [0.29, 0.717) is 11.3 Å². The Balaban J connectivity index is 2.70. The summed E-state index contributed by atoms with van der Waals surface area (Å²) in [5.74, 6) is -0.246. The quantitative estimate of drug-likeness (QED) is 0.755. The first-order valence-electron chi connectivity index (χ1n) is 4.30. The molecule has 0 aliphatic heterocycles. The number of rotatable bonds is 3. The van der Waals surface area contributed by atoms with Gasteiger partial charge >= 0.3 is 0 Å². The van der Waals surface area contributed by atoms with E-state index in [1.165, 1.54) is 0 Å². The van der Waals surface area contributed by atoms with E-state index in [-0.39, 0.29) is 12.5 Å². The van der Waals surface area contributed by atoms with Crippen molar-refractivity contribution in [2.75, 3.05) is 6.61 Å². The van der Waals surface area contributed by atoms with E-state index in [1.54, 1.807) is 12.1 Å². The Morgan fingerprint density at radius 1 is 1.43 bits per heavy atom. The summed E-state index contributed by atoms with van der Waals surface area (Å²) in [5, 5.41) is 11.1. The topological polar surface area (TPSA) is 49.3 Å². The van der Waals surface area contributed by atoms with Gasteiger partial charge in [-0.3, -0.25) is 4.79 Å². The molecule has 0 radical (unpaired) electrons. The lowest BCUT2D eigenvalue weighted by molar-refractivity contribution is 0.0960. The number of nitrogens with one attached hydrogen (secondary N) is 1. The highest BCUT2D eigenvalue weighted by molar-refractivity contribution is 5.95. The van der Waals surface area contributed by atoms with Crippen LogP contribution in [0.3, 0.4) is 0 Å². The van der Waals surface area contributed by atoms with Gasteiger partial charge in [0.15, 0.2) is 0 Å². The van der Waals surface area contributed by atoms with Gasteiger partial charge in [-0.15, -0.1) is 0 Å². The van der Waals surface area contributed by atoms with Gasteiger partial charge in [0.05, 0.1) is 6.61 Å². The smallest absolute Gasteiger partial charge is 0.255 e. The van der Waals surface area contributed by atoms with Crippen molar-refractivity contribution >= 4 is 5.91 Å². The van der Waals surface area contributed by atoms with Gasteiger partial charge < -0.3 is 10.4 Å². The number of amides is 1. The van der Waals surface area contributed by atoms with Crippen LogP contribution >= 0.6 is 0 Å². The molecule has 74 valence electrons. The molecule has 14 heavy (non-hydrogen) atoms. The average Bonchev–Trinajstić information content (AvgIpc) is 2.18. The minimum absolute atomic E-state index is 0.238. The van der Waals surface area contributed by atoms with Gasteiger partial charge in [0, 0.05) is 11.3 Å². The van der Waals surface area contributed by atoms with E-state index in [4.69, 9.17) is 5.11 Å². The second-order valence-electron chi connectivity index (χ2n) is 3.08. The molecule has 0 aliphatic rings. The van der Waals surface area contributed by atoms with E-state index in [9.17, 15) is 4.79 Å². The molecule has 2 N–H and O–H groups in total. The number of hydrogen-bond acceptors (Lipinski definition) is 2. The van der Waals surface area contributed by atoms with Gasteiger partial charge in [-0.2, -0.15) is 0 Å². The molecule has 3 nitrogen and oxygen atoms in total. The fourth-order valence-electron chi connectivity index (χ4n) is 0.977. The largest absolute Gasteiger partial charge is 0.390 e. The minimum Gasteiger partial charge on any atom is -0.390 e. The molecule has 3 heteroatoms. The van der Waals surface area contributed by atoms with Crippen LogP contribution in [0.1, 0.15) is 15.9 Å².